The van der Waals surface area contributed by atoms with Crippen molar-refractivity contribution in [1.82, 2.24) is 25.3 Å². The summed E-state index contributed by atoms with van der Waals surface area (Å²) in [4.78, 5) is 34.6. The minimum Gasteiger partial charge on any atom is -0.352 e. The lowest BCUT2D eigenvalue weighted by Gasteiger charge is -2.34. The number of aromatic nitrogens is 2. The predicted molar refractivity (Wildman–Crippen MR) is 130 cm³/mol. The van der Waals surface area contributed by atoms with Gasteiger partial charge in [0, 0.05) is 44.7 Å². The first-order valence-corrected chi connectivity index (χ1v) is 12.2. The predicted octanol–water partition coefficient (Wildman–Crippen LogP) is 3.42. The molecule has 0 spiro atoms. The standard InChI is InChI=1S/C25H25N5O3S/c31-23(9-10-26-25(32)20-8-7-18-4-1-2-5-19(18)16-20)30-13-11-29(12-14-30)17-22-27-24(28-33-22)21-6-3-15-34-21/h1-8,15-16H,9-14,17H2,(H,26,32). The van der Waals surface area contributed by atoms with Gasteiger partial charge in [0.2, 0.25) is 17.6 Å². The average Bonchev–Trinajstić information content (AvgIpc) is 3.56. The first kappa shape index (κ1) is 22.2. The van der Waals surface area contributed by atoms with Crippen LogP contribution in [0.5, 0.6) is 0 Å². The monoisotopic (exact) mass is 475 g/mol. The molecule has 0 bridgehead atoms. The SMILES string of the molecule is O=C(NCCC(=O)N1CCN(Cc2nc(-c3cccs3)no2)CC1)c1ccc2ccccc2c1. The van der Waals surface area contributed by atoms with Crippen molar-refractivity contribution in [2.75, 3.05) is 32.7 Å². The Balaban J connectivity index is 1.05. The topological polar surface area (TPSA) is 91.6 Å². The Morgan fingerprint density at radius 2 is 1.82 bits per heavy atom. The molecule has 9 heteroatoms. The van der Waals surface area contributed by atoms with Gasteiger partial charge in [-0.3, -0.25) is 14.5 Å². The van der Waals surface area contributed by atoms with Crippen molar-refractivity contribution in [2.45, 2.75) is 13.0 Å². The number of rotatable bonds is 7. The van der Waals surface area contributed by atoms with Crippen LogP contribution in [0, 0.1) is 0 Å². The van der Waals surface area contributed by atoms with E-state index < -0.39 is 0 Å². The molecule has 34 heavy (non-hydrogen) atoms. The first-order valence-electron chi connectivity index (χ1n) is 11.3. The van der Waals surface area contributed by atoms with Crippen molar-refractivity contribution >= 4 is 33.9 Å². The van der Waals surface area contributed by atoms with Crippen molar-refractivity contribution in [2.24, 2.45) is 0 Å². The van der Waals surface area contributed by atoms with Gasteiger partial charge in [-0.15, -0.1) is 11.3 Å². The van der Waals surface area contributed by atoms with Crippen molar-refractivity contribution in [1.29, 1.82) is 0 Å². The molecule has 2 aromatic heterocycles. The number of fused-ring (bicyclic) bond motifs is 1. The Morgan fingerprint density at radius 1 is 1.00 bits per heavy atom. The summed E-state index contributed by atoms with van der Waals surface area (Å²) >= 11 is 1.58. The Bertz CT molecular complexity index is 1280. The molecule has 5 rings (SSSR count). The van der Waals surface area contributed by atoms with Crippen LogP contribution in [0.1, 0.15) is 22.7 Å². The molecule has 2 aromatic carbocycles. The van der Waals surface area contributed by atoms with E-state index in [1.807, 2.05) is 64.9 Å². The first-order chi connectivity index (χ1) is 16.7. The van der Waals surface area contributed by atoms with Gasteiger partial charge in [-0.05, 0) is 34.4 Å². The number of carbonyl (C=O) groups is 2. The van der Waals surface area contributed by atoms with Crippen molar-refractivity contribution in [3.05, 3.63) is 71.4 Å². The third-order valence-electron chi connectivity index (χ3n) is 5.93. The molecule has 3 heterocycles. The van der Waals surface area contributed by atoms with Gasteiger partial charge >= 0.3 is 0 Å². The zero-order chi connectivity index (χ0) is 23.3. The van der Waals surface area contributed by atoms with Gasteiger partial charge in [0.05, 0.1) is 11.4 Å². The van der Waals surface area contributed by atoms with Crippen molar-refractivity contribution in [3.63, 3.8) is 0 Å². The number of nitrogens with zero attached hydrogens (tertiary/aromatic N) is 4. The maximum atomic E-state index is 12.6. The number of amides is 2. The van der Waals surface area contributed by atoms with Crippen LogP contribution in [0.3, 0.4) is 0 Å². The fourth-order valence-corrected chi connectivity index (χ4v) is 4.69. The normalized spacial score (nSPS) is 14.4. The Labute approximate surface area is 201 Å². The zero-order valence-electron chi connectivity index (χ0n) is 18.6. The summed E-state index contributed by atoms with van der Waals surface area (Å²) in [6, 6.07) is 17.5. The molecule has 0 aliphatic carbocycles. The van der Waals surface area contributed by atoms with Crippen LogP contribution in [0.15, 0.2) is 64.5 Å². The van der Waals surface area contributed by atoms with E-state index in [1.54, 1.807) is 11.3 Å². The number of carbonyl (C=O) groups excluding carboxylic acids is 2. The van der Waals surface area contributed by atoms with Gasteiger partial charge in [-0.25, -0.2) is 0 Å². The summed E-state index contributed by atoms with van der Waals surface area (Å²) in [5.41, 5.74) is 0.600. The van der Waals surface area contributed by atoms with Crippen LogP contribution in [-0.4, -0.2) is 64.5 Å². The third kappa shape index (κ3) is 5.16. The molecular weight excluding hydrogens is 450 g/mol. The van der Waals surface area contributed by atoms with E-state index in [0.29, 0.717) is 43.5 Å². The van der Waals surface area contributed by atoms with Gasteiger partial charge in [-0.1, -0.05) is 41.6 Å². The summed E-state index contributed by atoms with van der Waals surface area (Å²) in [5.74, 6) is 1.09. The van der Waals surface area contributed by atoms with E-state index in [9.17, 15) is 9.59 Å². The summed E-state index contributed by atoms with van der Waals surface area (Å²) in [6.45, 7) is 3.66. The van der Waals surface area contributed by atoms with Gasteiger partial charge in [0.1, 0.15) is 0 Å². The second-order valence-electron chi connectivity index (χ2n) is 8.21. The lowest BCUT2D eigenvalue weighted by atomic mass is 10.1. The van der Waals surface area contributed by atoms with Crippen molar-refractivity contribution < 1.29 is 14.1 Å². The van der Waals surface area contributed by atoms with E-state index in [4.69, 9.17) is 4.52 Å². The molecule has 4 aromatic rings. The number of hydrogen-bond donors (Lipinski definition) is 1. The second-order valence-corrected chi connectivity index (χ2v) is 9.16. The molecule has 0 saturated carbocycles. The minimum atomic E-state index is -0.162. The number of benzene rings is 2. The number of piperazine rings is 1. The fraction of sp³-hybridized carbons (Fsp3) is 0.280. The van der Waals surface area contributed by atoms with Crippen LogP contribution in [0.4, 0.5) is 0 Å². The highest BCUT2D eigenvalue weighted by molar-refractivity contribution is 7.13. The van der Waals surface area contributed by atoms with E-state index in [0.717, 1.165) is 28.7 Å². The number of nitrogens with one attached hydrogen (secondary N) is 1. The highest BCUT2D eigenvalue weighted by atomic mass is 32.1. The Hall–Kier alpha value is -3.56. The van der Waals surface area contributed by atoms with Gasteiger partial charge in [-0.2, -0.15) is 4.98 Å². The molecule has 0 unspecified atom stereocenters. The summed E-state index contributed by atoms with van der Waals surface area (Å²) in [6.07, 6.45) is 0.285. The molecule has 2 amide bonds. The Morgan fingerprint density at radius 3 is 2.62 bits per heavy atom. The van der Waals surface area contributed by atoms with Crippen LogP contribution in [0.25, 0.3) is 21.5 Å². The Kier molecular flexibility index (Phi) is 6.64. The lowest BCUT2D eigenvalue weighted by Crippen LogP contribution is -2.48. The highest BCUT2D eigenvalue weighted by Gasteiger charge is 2.22. The molecule has 1 aliphatic heterocycles. The molecule has 174 valence electrons. The number of hydrogen-bond acceptors (Lipinski definition) is 7. The van der Waals surface area contributed by atoms with E-state index in [1.165, 1.54) is 0 Å². The molecule has 8 nitrogen and oxygen atoms in total. The smallest absolute Gasteiger partial charge is 0.251 e. The minimum absolute atomic E-state index is 0.0521. The quantitative estimate of drug-likeness (QED) is 0.440. The zero-order valence-corrected chi connectivity index (χ0v) is 19.5. The van der Waals surface area contributed by atoms with Gasteiger partial charge in [0.15, 0.2) is 0 Å². The van der Waals surface area contributed by atoms with E-state index in [2.05, 4.69) is 20.4 Å². The van der Waals surface area contributed by atoms with Crippen LogP contribution in [-0.2, 0) is 11.3 Å². The van der Waals surface area contributed by atoms with Gasteiger partial charge < -0.3 is 14.7 Å². The molecule has 1 aliphatic rings. The third-order valence-corrected chi connectivity index (χ3v) is 6.80. The maximum absolute atomic E-state index is 12.6. The van der Waals surface area contributed by atoms with E-state index >= 15 is 0 Å². The van der Waals surface area contributed by atoms with E-state index in [-0.39, 0.29) is 18.2 Å². The lowest BCUT2D eigenvalue weighted by molar-refractivity contribution is -0.132. The van der Waals surface area contributed by atoms with Gasteiger partial charge in [0.25, 0.3) is 5.91 Å². The summed E-state index contributed by atoms with van der Waals surface area (Å²) in [7, 11) is 0. The summed E-state index contributed by atoms with van der Waals surface area (Å²) in [5, 5.41) is 11.0. The maximum Gasteiger partial charge on any atom is 0.251 e. The molecule has 0 radical (unpaired) electrons. The second kappa shape index (κ2) is 10.1. The molecule has 1 saturated heterocycles. The molecular formula is C25H25N5O3S. The fourth-order valence-electron chi connectivity index (χ4n) is 4.05. The highest BCUT2D eigenvalue weighted by Crippen LogP contribution is 2.22. The van der Waals surface area contributed by atoms with Crippen LogP contribution < -0.4 is 5.32 Å². The molecule has 1 fully saturated rings. The average molecular weight is 476 g/mol. The summed E-state index contributed by atoms with van der Waals surface area (Å²) < 4.78 is 5.38. The number of thiophene rings is 1. The molecule has 0 atom stereocenters. The largest absolute Gasteiger partial charge is 0.352 e. The molecule has 1 N–H and O–H groups in total. The van der Waals surface area contributed by atoms with Crippen molar-refractivity contribution in [3.8, 4) is 10.7 Å². The van der Waals surface area contributed by atoms with Crippen LogP contribution in [0.2, 0.25) is 0 Å². The van der Waals surface area contributed by atoms with Crippen LogP contribution >= 0.6 is 11.3 Å².